The molecule has 5 nitrogen and oxygen atoms in total. The predicted molar refractivity (Wildman–Crippen MR) is 64.7 cm³/mol. The first kappa shape index (κ1) is 12.4. The summed E-state index contributed by atoms with van der Waals surface area (Å²) in [6.45, 7) is 1.45. The Hall–Kier alpha value is -2.04. The number of ether oxygens (including phenoxy) is 1. The number of amides is 1. The Morgan fingerprint density at radius 2 is 1.94 bits per heavy atom. The van der Waals surface area contributed by atoms with Crippen LogP contribution in [0.4, 0.5) is 0 Å². The summed E-state index contributed by atoms with van der Waals surface area (Å²) in [5.41, 5.74) is 0.553. The number of hydrogen-bond donors (Lipinski definition) is 2. The molecule has 1 atom stereocenters. The van der Waals surface area contributed by atoms with Crippen LogP contribution in [0.1, 0.15) is 30.1 Å². The lowest BCUT2D eigenvalue weighted by atomic mass is 10.2. The Kier molecular flexibility index (Phi) is 3.50. The van der Waals surface area contributed by atoms with Crippen LogP contribution in [0.2, 0.25) is 0 Å². The van der Waals surface area contributed by atoms with Crippen molar-refractivity contribution >= 4 is 11.9 Å². The molecule has 2 N–H and O–H groups in total. The second-order valence-electron chi connectivity index (χ2n) is 4.37. The smallest absolute Gasteiger partial charge is 0.344 e. The van der Waals surface area contributed by atoms with Crippen LogP contribution in [0.25, 0.3) is 0 Å². The summed E-state index contributed by atoms with van der Waals surface area (Å²) in [6.07, 6.45) is 1.18. The summed E-state index contributed by atoms with van der Waals surface area (Å²) < 4.78 is 5.17. The topological polar surface area (TPSA) is 75.6 Å². The minimum absolute atomic E-state index is 0.102. The molecule has 0 aromatic heterocycles. The largest absolute Gasteiger partial charge is 0.479 e. The summed E-state index contributed by atoms with van der Waals surface area (Å²) in [5, 5.41) is 11.6. The summed E-state index contributed by atoms with van der Waals surface area (Å²) in [4.78, 5) is 22.3. The minimum Gasteiger partial charge on any atom is -0.479 e. The van der Waals surface area contributed by atoms with E-state index in [-0.39, 0.29) is 5.91 Å². The van der Waals surface area contributed by atoms with Gasteiger partial charge in [-0.3, -0.25) is 4.79 Å². The van der Waals surface area contributed by atoms with Crippen LogP contribution in [0.3, 0.4) is 0 Å². The van der Waals surface area contributed by atoms with Crippen molar-refractivity contribution in [3.8, 4) is 5.75 Å². The van der Waals surface area contributed by atoms with Gasteiger partial charge in [-0.2, -0.15) is 0 Å². The molecule has 1 amide bonds. The van der Waals surface area contributed by atoms with Gasteiger partial charge >= 0.3 is 5.97 Å². The predicted octanol–water partition coefficient (Wildman–Crippen LogP) is 1.43. The molecule has 0 spiro atoms. The van der Waals surface area contributed by atoms with Gasteiger partial charge in [0.15, 0.2) is 6.10 Å². The van der Waals surface area contributed by atoms with Gasteiger partial charge in [0, 0.05) is 11.6 Å². The minimum atomic E-state index is -1.02. The molecule has 5 heteroatoms. The Labute approximate surface area is 105 Å². The molecule has 1 saturated carbocycles. The highest BCUT2D eigenvalue weighted by Gasteiger charge is 2.23. The molecule has 1 aromatic carbocycles. The standard InChI is InChI=1S/C13H15NO4/c1-8(13(16)17)18-11-6-2-9(3-7-11)12(15)14-10-4-5-10/h2-3,6-8,10H,4-5H2,1H3,(H,14,15)(H,16,17). The summed E-state index contributed by atoms with van der Waals surface area (Å²) in [5.74, 6) is -0.686. The van der Waals surface area contributed by atoms with E-state index in [1.807, 2.05) is 0 Å². The molecule has 0 bridgehead atoms. The van der Waals surface area contributed by atoms with Crippen LogP contribution in [-0.2, 0) is 4.79 Å². The van der Waals surface area contributed by atoms with E-state index < -0.39 is 12.1 Å². The van der Waals surface area contributed by atoms with Gasteiger partial charge in [0.05, 0.1) is 0 Å². The zero-order chi connectivity index (χ0) is 13.1. The van der Waals surface area contributed by atoms with Crippen molar-refractivity contribution in [1.82, 2.24) is 5.32 Å². The van der Waals surface area contributed by atoms with Gasteiger partial charge in [0.1, 0.15) is 5.75 Å². The van der Waals surface area contributed by atoms with Gasteiger partial charge in [0.2, 0.25) is 0 Å². The van der Waals surface area contributed by atoms with Crippen LogP contribution in [0.15, 0.2) is 24.3 Å². The number of benzene rings is 1. The van der Waals surface area contributed by atoms with Gasteiger partial charge < -0.3 is 15.2 Å². The van der Waals surface area contributed by atoms with E-state index in [1.165, 1.54) is 6.92 Å². The molecule has 1 aromatic rings. The lowest BCUT2D eigenvalue weighted by Gasteiger charge is -2.10. The first-order valence-electron chi connectivity index (χ1n) is 5.86. The third-order valence-corrected chi connectivity index (χ3v) is 2.69. The van der Waals surface area contributed by atoms with E-state index in [4.69, 9.17) is 9.84 Å². The quantitative estimate of drug-likeness (QED) is 0.827. The summed E-state index contributed by atoms with van der Waals surface area (Å²) in [7, 11) is 0. The highest BCUT2D eigenvalue weighted by atomic mass is 16.5. The molecule has 18 heavy (non-hydrogen) atoms. The Balaban J connectivity index is 1.95. The maximum Gasteiger partial charge on any atom is 0.344 e. The van der Waals surface area contributed by atoms with Crippen LogP contribution in [0, 0.1) is 0 Å². The molecule has 2 rings (SSSR count). The number of aliphatic carboxylic acids is 1. The number of carbonyl (C=O) groups excluding carboxylic acids is 1. The first-order valence-corrected chi connectivity index (χ1v) is 5.86. The fourth-order valence-electron chi connectivity index (χ4n) is 1.44. The maximum absolute atomic E-state index is 11.7. The molecule has 1 unspecified atom stereocenters. The fraction of sp³-hybridized carbons (Fsp3) is 0.385. The number of nitrogens with one attached hydrogen (secondary N) is 1. The van der Waals surface area contributed by atoms with Crippen molar-refractivity contribution in [3.05, 3.63) is 29.8 Å². The van der Waals surface area contributed by atoms with E-state index in [0.29, 0.717) is 17.4 Å². The average molecular weight is 249 g/mol. The van der Waals surface area contributed by atoms with Crippen molar-refractivity contribution in [2.45, 2.75) is 31.9 Å². The van der Waals surface area contributed by atoms with E-state index in [2.05, 4.69) is 5.32 Å². The van der Waals surface area contributed by atoms with Crippen molar-refractivity contribution in [3.63, 3.8) is 0 Å². The van der Waals surface area contributed by atoms with Crippen molar-refractivity contribution in [2.75, 3.05) is 0 Å². The lowest BCUT2D eigenvalue weighted by molar-refractivity contribution is -0.144. The molecular formula is C13H15NO4. The third kappa shape index (κ3) is 3.23. The monoisotopic (exact) mass is 249 g/mol. The van der Waals surface area contributed by atoms with Crippen LogP contribution in [-0.4, -0.2) is 29.1 Å². The van der Waals surface area contributed by atoms with Crippen LogP contribution in [0.5, 0.6) is 5.75 Å². The maximum atomic E-state index is 11.7. The van der Waals surface area contributed by atoms with Crippen LogP contribution < -0.4 is 10.1 Å². The van der Waals surface area contributed by atoms with Gasteiger partial charge in [-0.05, 0) is 44.0 Å². The molecule has 0 saturated heterocycles. The molecule has 1 aliphatic rings. The van der Waals surface area contributed by atoms with Crippen molar-refractivity contribution in [1.29, 1.82) is 0 Å². The highest BCUT2D eigenvalue weighted by Crippen LogP contribution is 2.20. The number of carbonyl (C=O) groups is 2. The van der Waals surface area contributed by atoms with E-state index >= 15 is 0 Å². The zero-order valence-electron chi connectivity index (χ0n) is 10.1. The second kappa shape index (κ2) is 5.08. The highest BCUT2D eigenvalue weighted by molar-refractivity contribution is 5.94. The molecular weight excluding hydrogens is 234 g/mol. The SMILES string of the molecule is CC(Oc1ccc(C(=O)NC2CC2)cc1)C(=O)O. The van der Waals surface area contributed by atoms with E-state index in [1.54, 1.807) is 24.3 Å². The normalized spacial score (nSPS) is 15.8. The molecule has 1 fully saturated rings. The van der Waals surface area contributed by atoms with Crippen molar-refractivity contribution < 1.29 is 19.4 Å². The van der Waals surface area contributed by atoms with Crippen molar-refractivity contribution in [2.24, 2.45) is 0 Å². The number of carboxylic acid groups (broad SMARTS) is 1. The number of hydrogen-bond acceptors (Lipinski definition) is 3. The zero-order valence-corrected chi connectivity index (χ0v) is 10.1. The average Bonchev–Trinajstić information content (AvgIpc) is 3.13. The number of carboxylic acids is 1. The molecule has 1 aliphatic carbocycles. The van der Waals surface area contributed by atoms with Gasteiger partial charge in [-0.15, -0.1) is 0 Å². The third-order valence-electron chi connectivity index (χ3n) is 2.69. The van der Waals surface area contributed by atoms with Gasteiger partial charge in [-0.25, -0.2) is 4.79 Å². The molecule has 0 radical (unpaired) electrons. The first-order chi connectivity index (χ1) is 8.56. The van der Waals surface area contributed by atoms with E-state index in [0.717, 1.165) is 12.8 Å². The molecule has 0 heterocycles. The molecule has 96 valence electrons. The summed E-state index contributed by atoms with van der Waals surface area (Å²) >= 11 is 0. The van der Waals surface area contributed by atoms with Crippen LogP contribution >= 0.6 is 0 Å². The Morgan fingerprint density at radius 1 is 1.33 bits per heavy atom. The van der Waals surface area contributed by atoms with E-state index in [9.17, 15) is 9.59 Å². The van der Waals surface area contributed by atoms with Gasteiger partial charge in [0.25, 0.3) is 5.91 Å². The molecule has 0 aliphatic heterocycles. The lowest BCUT2D eigenvalue weighted by Crippen LogP contribution is -2.25. The Bertz CT molecular complexity index is 451. The summed E-state index contributed by atoms with van der Waals surface area (Å²) in [6, 6.07) is 6.77. The fourth-order valence-corrected chi connectivity index (χ4v) is 1.44. The number of rotatable bonds is 5. The second-order valence-corrected chi connectivity index (χ2v) is 4.37. The Morgan fingerprint density at radius 3 is 2.44 bits per heavy atom. The van der Waals surface area contributed by atoms with Gasteiger partial charge in [-0.1, -0.05) is 0 Å².